The molecule has 2 rings (SSSR count). The van der Waals surface area contributed by atoms with Crippen LogP contribution in [0, 0.1) is 5.82 Å². The number of ether oxygens (including phenoxy) is 2. The van der Waals surface area contributed by atoms with Crippen LogP contribution in [0.25, 0.3) is 0 Å². The van der Waals surface area contributed by atoms with Gasteiger partial charge in [0.2, 0.25) is 0 Å². The highest BCUT2D eigenvalue weighted by Crippen LogP contribution is 2.36. The molecule has 2 aromatic rings. The maximum atomic E-state index is 12.9. The molecule has 0 aromatic heterocycles. The molecule has 2 N–H and O–H groups in total. The Morgan fingerprint density at radius 3 is 2.27 bits per heavy atom. The fourth-order valence-corrected chi connectivity index (χ4v) is 2.32. The van der Waals surface area contributed by atoms with Gasteiger partial charge in [0.15, 0.2) is 11.5 Å². The van der Waals surface area contributed by atoms with E-state index in [0.29, 0.717) is 18.1 Å². The third-order valence-corrected chi connectivity index (χ3v) is 3.62. The Morgan fingerprint density at radius 2 is 1.69 bits per heavy atom. The maximum Gasteiger partial charge on any atom is 0.269 e. The molecule has 2 amide bonds. The van der Waals surface area contributed by atoms with Gasteiger partial charge < -0.3 is 9.47 Å². The maximum absolute atomic E-state index is 12.9. The molecule has 0 radical (unpaired) electrons. The molecule has 0 aliphatic heterocycles. The molecule has 0 fully saturated rings. The lowest BCUT2D eigenvalue weighted by atomic mass is 10.2. The van der Waals surface area contributed by atoms with Crippen LogP contribution in [-0.4, -0.2) is 25.5 Å². The van der Waals surface area contributed by atoms with E-state index in [4.69, 9.17) is 21.1 Å². The number of carbonyl (C=O) groups is 2. The molecule has 0 bridgehead atoms. The number of halogens is 2. The monoisotopic (exact) mass is 380 g/mol. The first-order valence-corrected chi connectivity index (χ1v) is 8.20. The van der Waals surface area contributed by atoms with Crippen LogP contribution >= 0.6 is 11.6 Å². The highest BCUT2D eigenvalue weighted by Gasteiger charge is 2.16. The highest BCUT2D eigenvalue weighted by atomic mass is 35.5. The van der Waals surface area contributed by atoms with E-state index in [0.717, 1.165) is 18.6 Å². The molecule has 2 aromatic carbocycles. The minimum Gasteiger partial charge on any atom is -0.493 e. The summed E-state index contributed by atoms with van der Waals surface area (Å²) in [6.45, 7) is 2.40. The minimum atomic E-state index is -0.595. The van der Waals surface area contributed by atoms with Crippen LogP contribution in [-0.2, 0) is 0 Å². The van der Waals surface area contributed by atoms with Gasteiger partial charge in [-0.3, -0.25) is 20.4 Å². The molecule has 26 heavy (non-hydrogen) atoms. The summed E-state index contributed by atoms with van der Waals surface area (Å²) in [5.74, 6) is -0.983. The van der Waals surface area contributed by atoms with Gasteiger partial charge >= 0.3 is 0 Å². The summed E-state index contributed by atoms with van der Waals surface area (Å²) in [7, 11) is 1.43. The molecule has 0 aliphatic rings. The van der Waals surface area contributed by atoms with Gasteiger partial charge in [0.05, 0.1) is 18.7 Å². The van der Waals surface area contributed by atoms with Gasteiger partial charge in [-0.05, 0) is 42.8 Å². The number of methoxy groups -OCH3 is 1. The van der Waals surface area contributed by atoms with Crippen molar-refractivity contribution < 1.29 is 23.5 Å². The molecule has 0 saturated carbocycles. The van der Waals surface area contributed by atoms with Crippen LogP contribution in [0.2, 0.25) is 5.02 Å². The summed E-state index contributed by atoms with van der Waals surface area (Å²) < 4.78 is 23.6. The van der Waals surface area contributed by atoms with Crippen molar-refractivity contribution in [3.63, 3.8) is 0 Å². The minimum absolute atomic E-state index is 0.176. The van der Waals surface area contributed by atoms with E-state index in [9.17, 15) is 14.0 Å². The summed E-state index contributed by atoms with van der Waals surface area (Å²) in [5, 5.41) is 0.216. The molecule has 0 unspecified atom stereocenters. The van der Waals surface area contributed by atoms with Gasteiger partial charge in [0, 0.05) is 11.1 Å². The zero-order chi connectivity index (χ0) is 19.1. The molecule has 8 heteroatoms. The number of rotatable bonds is 6. The van der Waals surface area contributed by atoms with E-state index < -0.39 is 17.6 Å². The molecule has 0 heterocycles. The van der Waals surface area contributed by atoms with Gasteiger partial charge in [-0.15, -0.1) is 0 Å². The van der Waals surface area contributed by atoms with Crippen molar-refractivity contribution in [1.82, 2.24) is 10.9 Å². The molecule has 0 saturated heterocycles. The summed E-state index contributed by atoms with van der Waals surface area (Å²) >= 11 is 6.16. The van der Waals surface area contributed by atoms with Gasteiger partial charge in [-0.2, -0.15) is 0 Å². The summed E-state index contributed by atoms with van der Waals surface area (Å²) in [6.07, 6.45) is 0.789. The van der Waals surface area contributed by atoms with E-state index >= 15 is 0 Å². The first kappa shape index (κ1) is 19.5. The number of hydrogen-bond donors (Lipinski definition) is 2. The molecule has 0 atom stereocenters. The Bertz CT molecular complexity index is 797. The van der Waals surface area contributed by atoms with E-state index in [1.54, 1.807) is 0 Å². The van der Waals surface area contributed by atoms with Crippen molar-refractivity contribution in [3.8, 4) is 11.5 Å². The van der Waals surface area contributed by atoms with Crippen molar-refractivity contribution >= 4 is 23.4 Å². The van der Waals surface area contributed by atoms with E-state index in [-0.39, 0.29) is 16.1 Å². The second kappa shape index (κ2) is 9.05. The van der Waals surface area contributed by atoms with Crippen LogP contribution in [0.15, 0.2) is 36.4 Å². The Kier molecular flexibility index (Phi) is 6.80. The zero-order valence-electron chi connectivity index (χ0n) is 14.3. The highest BCUT2D eigenvalue weighted by molar-refractivity contribution is 6.32. The van der Waals surface area contributed by atoms with E-state index in [1.807, 2.05) is 6.92 Å². The van der Waals surface area contributed by atoms with Crippen molar-refractivity contribution in [1.29, 1.82) is 0 Å². The zero-order valence-corrected chi connectivity index (χ0v) is 15.0. The van der Waals surface area contributed by atoms with Crippen LogP contribution < -0.4 is 20.3 Å². The van der Waals surface area contributed by atoms with Crippen molar-refractivity contribution in [3.05, 3.63) is 58.4 Å². The van der Waals surface area contributed by atoms with Crippen molar-refractivity contribution in [2.24, 2.45) is 0 Å². The van der Waals surface area contributed by atoms with E-state index in [2.05, 4.69) is 10.9 Å². The van der Waals surface area contributed by atoms with Gasteiger partial charge in [-0.25, -0.2) is 4.39 Å². The van der Waals surface area contributed by atoms with Gasteiger partial charge in [0.25, 0.3) is 11.8 Å². The van der Waals surface area contributed by atoms with Crippen LogP contribution in [0.3, 0.4) is 0 Å². The van der Waals surface area contributed by atoms with Gasteiger partial charge in [-0.1, -0.05) is 18.5 Å². The Labute approximate surface area is 155 Å². The first-order valence-electron chi connectivity index (χ1n) is 7.82. The molecule has 0 spiro atoms. The standard InChI is InChI=1S/C18H18ClFN2O4/c1-3-8-26-16-14(19)9-12(10-15(16)25-2)18(24)22-21-17(23)11-4-6-13(20)7-5-11/h4-7,9-10H,3,8H2,1-2H3,(H,21,23)(H,22,24). The molecule has 0 aliphatic carbocycles. The third-order valence-electron chi connectivity index (χ3n) is 3.34. The average molecular weight is 381 g/mol. The van der Waals surface area contributed by atoms with Gasteiger partial charge in [0.1, 0.15) is 5.82 Å². The summed E-state index contributed by atoms with van der Waals surface area (Å²) in [5.41, 5.74) is 4.89. The third kappa shape index (κ3) is 4.86. The summed E-state index contributed by atoms with van der Waals surface area (Å²) in [6, 6.07) is 7.77. The average Bonchev–Trinajstić information content (AvgIpc) is 2.64. The van der Waals surface area contributed by atoms with Crippen molar-refractivity contribution in [2.45, 2.75) is 13.3 Å². The number of carbonyl (C=O) groups excluding carboxylic acids is 2. The predicted octanol–water partition coefficient (Wildman–Crippen LogP) is 3.35. The Morgan fingerprint density at radius 1 is 1.08 bits per heavy atom. The molecule has 6 nitrogen and oxygen atoms in total. The largest absolute Gasteiger partial charge is 0.493 e. The van der Waals surface area contributed by atoms with Crippen molar-refractivity contribution in [2.75, 3.05) is 13.7 Å². The quantitative estimate of drug-likeness (QED) is 0.753. The Balaban J connectivity index is 2.08. The second-order valence-corrected chi connectivity index (χ2v) is 5.66. The number of hydrogen-bond acceptors (Lipinski definition) is 4. The number of amides is 2. The smallest absolute Gasteiger partial charge is 0.269 e. The summed E-state index contributed by atoms with van der Waals surface area (Å²) in [4.78, 5) is 24.2. The topological polar surface area (TPSA) is 76.7 Å². The number of benzene rings is 2. The van der Waals surface area contributed by atoms with E-state index in [1.165, 1.54) is 31.4 Å². The normalized spacial score (nSPS) is 10.2. The SMILES string of the molecule is CCCOc1c(Cl)cc(C(=O)NNC(=O)c2ccc(F)cc2)cc1OC. The Hall–Kier alpha value is -2.80. The lowest BCUT2D eigenvalue weighted by Gasteiger charge is -2.14. The number of hydrazine groups is 1. The second-order valence-electron chi connectivity index (χ2n) is 5.25. The van der Waals surface area contributed by atoms with Crippen LogP contribution in [0.4, 0.5) is 4.39 Å². The first-order chi connectivity index (χ1) is 12.5. The van der Waals surface area contributed by atoms with Crippen LogP contribution in [0.1, 0.15) is 34.1 Å². The molecular formula is C18H18ClFN2O4. The predicted molar refractivity (Wildman–Crippen MR) is 95.1 cm³/mol. The lowest BCUT2D eigenvalue weighted by Crippen LogP contribution is -2.41. The number of nitrogens with one attached hydrogen (secondary N) is 2. The van der Waals surface area contributed by atoms with Crippen LogP contribution in [0.5, 0.6) is 11.5 Å². The fourth-order valence-electron chi connectivity index (χ4n) is 2.05. The lowest BCUT2D eigenvalue weighted by molar-refractivity contribution is 0.0846. The molecular weight excluding hydrogens is 363 g/mol. The molecule has 138 valence electrons. The fraction of sp³-hybridized carbons (Fsp3) is 0.222.